The molecule has 0 bridgehead atoms. The van der Waals surface area contributed by atoms with Crippen molar-refractivity contribution in [1.82, 2.24) is 5.32 Å². The third kappa shape index (κ3) is 1.17. The van der Waals surface area contributed by atoms with Gasteiger partial charge in [-0.25, -0.2) is 4.39 Å². The number of rotatable bonds is 0. The van der Waals surface area contributed by atoms with E-state index in [2.05, 4.69) is 5.32 Å². The van der Waals surface area contributed by atoms with Gasteiger partial charge in [-0.05, 0) is 13.0 Å². The van der Waals surface area contributed by atoms with Crippen LogP contribution in [-0.2, 0) is 0 Å². The number of hydrogen-bond acceptors (Lipinski definition) is 2. The van der Waals surface area contributed by atoms with Crippen LogP contribution in [0, 0.1) is 0 Å². The molecule has 8 heavy (non-hydrogen) atoms. The molecule has 2 atom stereocenters. The third-order valence-corrected chi connectivity index (χ3v) is 1.37. The van der Waals surface area contributed by atoms with Crippen molar-refractivity contribution in [3.05, 3.63) is 0 Å². The van der Waals surface area contributed by atoms with Gasteiger partial charge in [-0.3, -0.25) is 0 Å². The van der Waals surface area contributed by atoms with Crippen LogP contribution in [0.2, 0.25) is 0 Å². The van der Waals surface area contributed by atoms with Gasteiger partial charge in [-0.1, -0.05) is 0 Å². The van der Waals surface area contributed by atoms with Gasteiger partial charge in [0.1, 0.15) is 6.17 Å². The van der Waals surface area contributed by atoms with E-state index in [-0.39, 0.29) is 0 Å². The molecule has 0 spiro atoms. The molecule has 1 aliphatic rings. The van der Waals surface area contributed by atoms with Crippen molar-refractivity contribution >= 4 is 0 Å². The van der Waals surface area contributed by atoms with Crippen LogP contribution in [0.4, 0.5) is 4.39 Å². The summed E-state index contributed by atoms with van der Waals surface area (Å²) in [5.74, 6) is 0. The molecule has 1 heterocycles. The average Bonchev–Trinajstić information content (AvgIpc) is 1.77. The summed E-state index contributed by atoms with van der Waals surface area (Å²) in [5, 5.41) is 11.6. The van der Waals surface area contributed by atoms with E-state index in [1.807, 2.05) is 0 Å². The minimum Gasteiger partial charge on any atom is -0.390 e. The monoisotopic (exact) mass is 119 g/mol. The predicted octanol–water partition coefficient (Wildman–Crippen LogP) is -0.321. The molecule has 1 rings (SSSR count). The van der Waals surface area contributed by atoms with Crippen molar-refractivity contribution in [2.75, 3.05) is 13.1 Å². The molecule has 1 saturated heterocycles. The van der Waals surface area contributed by atoms with Gasteiger partial charge in [-0.2, -0.15) is 0 Å². The Morgan fingerprint density at radius 1 is 1.62 bits per heavy atom. The SMILES string of the molecule is O[C@@H]1CCNC[C@@H]1F. The fourth-order valence-corrected chi connectivity index (χ4v) is 0.807. The summed E-state index contributed by atoms with van der Waals surface area (Å²) in [5.41, 5.74) is 0. The van der Waals surface area contributed by atoms with Crippen LogP contribution in [0.1, 0.15) is 6.42 Å². The van der Waals surface area contributed by atoms with Crippen molar-refractivity contribution < 1.29 is 9.50 Å². The van der Waals surface area contributed by atoms with Gasteiger partial charge in [0, 0.05) is 6.54 Å². The molecule has 0 aliphatic carbocycles. The molecular weight excluding hydrogens is 109 g/mol. The standard InChI is InChI=1S/C5H10FNO/c6-4-3-7-2-1-5(4)8/h4-5,7-8H,1-3H2/t4-,5+/m0/s1. The third-order valence-electron chi connectivity index (χ3n) is 1.37. The van der Waals surface area contributed by atoms with Gasteiger partial charge in [0.05, 0.1) is 6.10 Å². The highest BCUT2D eigenvalue weighted by Gasteiger charge is 2.20. The number of hydrogen-bond donors (Lipinski definition) is 2. The molecule has 0 amide bonds. The molecule has 0 aromatic rings. The van der Waals surface area contributed by atoms with Crippen LogP contribution in [0.3, 0.4) is 0 Å². The first kappa shape index (κ1) is 5.98. The van der Waals surface area contributed by atoms with Crippen LogP contribution in [0.15, 0.2) is 0 Å². The lowest BCUT2D eigenvalue weighted by Crippen LogP contribution is -2.41. The number of alkyl halides is 1. The zero-order valence-electron chi connectivity index (χ0n) is 4.60. The maximum absolute atomic E-state index is 12.3. The highest BCUT2D eigenvalue weighted by atomic mass is 19.1. The maximum atomic E-state index is 12.3. The molecule has 0 radical (unpaired) electrons. The summed E-state index contributed by atoms with van der Waals surface area (Å²) in [4.78, 5) is 0. The first-order valence-corrected chi connectivity index (χ1v) is 2.83. The van der Waals surface area contributed by atoms with Gasteiger partial charge >= 0.3 is 0 Å². The van der Waals surface area contributed by atoms with E-state index in [0.717, 1.165) is 6.54 Å². The topological polar surface area (TPSA) is 32.3 Å². The predicted molar refractivity (Wildman–Crippen MR) is 28.4 cm³/mol. The van der Waals surface area contributed by atoms with Gasteiger partial charge in [-0.15, -0.1) is 0 Å². The summed E-state index contributed by atoms with van der Waals surface area (Å²) in [6.45, 7) is 1.04. The van der Waals surface area contributed by atoms with Crippen LogP contribution in [0.5, 0.6) is 0 Å². The van der Waals surface area contributed by atoms with Crippen molar-refractivity contribution in [3.8, 4) is 0 Å². The van der Waals surface area contributed by atoms with E-state index < -0.39 is 12.3 Å². The number of aliphatic hydroxyl groups excluding tert-OH is 1. The number of aliphatic hydroxyl groups is 1. The number of nitrogens with one attached hydrogen (secondary N) is 1. The molecule has 0 aromatic carbocycles. The highest BCUT2D eigenvalue weighted by molar-refractivity contribution is 4.75. The van der Waals surface area contributed by atoms with Gasteiger partial charge in [0.15, 0.2) is 0 Å². The summed E-state index contributed by atoms with van der Waals surface area (Å²) < 4.78 is 12.3. The largest absolute Gasteiger partial charge is 0.390 e. The second-order valence-corrected chi connectivity index (χ2v) is 2.08. The fraction of sp³-hybridized carbons (Fsp3) is 1.00. The second kappa shape index (κ2) is 2.42. The Bertz CT molecular complexity index is 68.8. The van der Waals surface area contributed by atoms with E-state index >= 15 is 0 Å². The normalized spacial score (nSPS) is 39.8. The van der Waals surface area contributed by atoms with Crippen molar-refractivity contribution in [2.45, 2.75) is 18.7 Å². The minimum absolute atomic E-state index is 0.307. The van der Waals surface area contributed by atoms with E-state index in [9.17, 15) is 4.39 Å². The Labute approximate surface area is 47.7 Å². The molecule has 0 saturated carbocycles. The van der Waals surface area contributed by atoms with E-state index in [1.165, 1.54) is 0 Å². The van der Waals surface area contributed by atoms with E-state index in [4.69, 9.17) is 5.11 Å². The minimum atomic E-state index is -1.05. The molecule has 2 nitrogen and oxygen atoms in total. The summed E-state index contributed by atoms with van der Waals surface area (Å²) in [7, 11) is 0. The lowest BCUT2D eigenvalue weighted by Gasteiger charge is -2.21. The Morgan fingerprint density at radius 2 is 2.38 bits per heavy atom. The summed E-state index contributed by atoms with van der Waals surface area (Å²) in [6, 6.07) is 0. The van der Waals surface area contributed by atoms with E-state index in [0.29, 0.717) is 13.0 Å². The number of halogens is 1. The molecule has 2 N–H and O–H groups in total. The Kier molecular flexibility index (Phi) is 1.81. The highest BCUT2D eigenvalue weighted by Crippen LogP contribution is 2.05. The first-order valence-electron chi connectivity index (χ1n) is 2.83. The number of piperidine rings is 1. The Balaban J connectivity index is 2.28. The zero-order valence-corrected chi connectivity index (χ0v) is 4.60. The van der Waals surface area contributed by atoms with Crippen LogP contribution in [0.25, 0.3) is 0 Å². The van der Waals surface area contributed by atoms with Gasteiger partial charge in [0.2, 0.25) is 0 Å². The quantitative estimate of drug-likeness (QED) is 0.458. The molecule has 48 valence electrons. The van der Waals surface area contributed by atoms with Crippen molar-refractivity contribution in [1.29, 1.82) is 0 Å². The maximum Gasteiger partial charge on any atom is 0.138 e. The summed E-state index contributed by atoms with van der Waals surface area (Å²) in [6.07, 6.45) is -1.23. The summed E-state index contributed by atoms with van der Waals surface area (Å²) >= 11 is 0. The molecule has 3 heteroatoms. The zero-order chi connectivity index (χ0) is 5.98. The lowest BCUT2D eigenvalue weighted by atomic mass is 10.1. The van der Waals surface area contributed by atoms with Crippen LogP contribution in [-0.4, -0.2) is 30.5 Å². The first-order chi connectivity index (χ1) is 3.80. The Morgan fingerprint density at radius 3 is 2.75 bits per heavy atom. The van der Waals surface area contributed by atoms with E-state index in [1.54, 1.807) is 0 Å². The Hall–Kier alpha value is -0.150. The fourth-order valence-electron chi connectivity index (χ4n) is 0.807. The van der Waals surface area contributed by atoms with Crippen LogP contribution >= 0.6 is 0 Å². The second-order valence-electron chi connectivity index (χ2n) is 2.08. The molecule has 0 unspecified atom stereocenters. The smallest absolute Gasteiger partial charge is 0.138 e. The average molecular weight is 119 g/mol. The molecule has 1 fully saturated rings. The molecule has 1 aliphatic heterocycles. The van der Waals surface area contributed by atoms with Gasteiger partial charge in [0.25, 0.3) is 0 Å². The lowest BCUT2D eigenvalue weighted by molar-refractivity contribution is 0.0532. The molecule has 0 aromatic heterocycles. The van der Waals surface area contributed by atoms with Crippen molar-refractivity contribution in [2.24, 2.45) is 0 Å². The van der Waals surface area contributed by atoms with Crippen molar-refractivity contribution in [3.63, 3.8) is 0 Å². The van der Waals surface area contributed by atoms with Crippen LogP contribution < -0.4 is 5.32 Å². The van der Waals surface area contributed by atoms with Gasteiger partial charge < -0.3 is 10.4 Å². The molecular formula is C5H10FNO.